The molecule has 198 valence electrons. The Kier molecular flexibility index (Phi) is 6.96. The van der Waals surface area contributed by atoms with Gasteiger partial charge in [0.15, 0.2) is 5.82 Å². The molecule has 0 aliphatic heterocycles. The predicted molar refractivity (Wildman–Crippen MR) is 141 cm³/mol. The Hall–Kier alpha value is -5.19. The van der Waals surface area contributed by atoms with Gasteiger partial charge in [-0.25, -0.2) is 14.6 Å². The number of nitrogens with zero attached hydrogens (tertiary/aromatic N) is 3. The van der Waals surface area contributed by atoms with Crippen LogP contribution in [0.3, 0.4) is 0 Å². The van der Waals surface area contributed by atoms with E-state index in [9.17, 15) is 14.4 Å². The van der Waals surface area contributed by atoms with Gasteiger partial charge in [0.05, 0.1) is 28.9 Å². The van der Waals surface area contributed by atoms with Gasteiger partial charge >= 0.3 is 17.7 Å². The summed E-state index contributed by atoms with van der Waals surface area (Å²) >= 11 is 0. The number of rotatable bonds is 8. The summed E-state index contributed by atoms with van der Waals surface area (Å²) in [5, 5.41) is 2.56. The van der Waals surface area contributed by atoms with Gasteiger partial charge in [0.25, 0.3) is 0 Å². The van der Waals surface area contributed by atoms with E-state index in [1.165, 1.54) is 6.92 Å². The first kappa shape index (κ1) is 25.5. The van der Waals surface area contributed by atoms with Crippen molar-refractivity contribution in [3.05, 3.63) is 82.6 Å². The molecular formula is C28H24N4O7. The summed E-state index contributed by atoms with van der Waals surface area (Å²) in [4.78, 5) is 44.1. The Balaban J connectivity index is 1.62. The van der Waals surface area contributed by atoms with Crippen LogP contribution in [0.25, 0.3) is 39.2 Å². The topological polar surface area (TPSA) is 139 Å². The molecule has 1 N–H and O–H groups in total. The molecule has 5 rings (SSSR count). The van der Waals surface area contributed by atoms with E-state index in [1.807, 2.05) is 60.9 Å². The molecule has 0 saturated heterocycles. The van der Waals surface area contributed by atoms with Crippen LogP contribution < -0.4 is 10.5 Å². The van der Waals surface area contributed by atoms with Gasteiger partial charge in [0.1, 0.15) is 11.6 Å². The van der Waals surface area contributed by atoms with Crippen LogP contribution in [0.1, 0.15) is 30.0 Å². The Morgan fingerprint density at radius 3 is 2.49 bits per heavy atom. The first-order valence-electron chi connectivity index (χ1n) is 12.1. The lowest BCUT2D eigenvalue weighted by atomic mass is 9.98. The second kappa shape index (κ2) is 10.7. The number of H-pyrrole nitrogens is 1. The maximum atomic E-state index is 12.9. The SMILES string of the molecule is CCOc1cc(-n2c(C)nc3cccc(C(=O)OCOC(C)=O)c32)ccc1-c1ccccc1-c1nc(=O)o[nH]1. The molecule has 2 heterocycles. The van der Waals surface area contributed by atoms with Crippen molar-refractivity contribution < 1.29 is 28.3 Å². The van der Waals surface area contributed by atoms with E-state index in [-0.39, 0.29) is 5.56 Å². The molecule has 11 heteroatoms. The number of esters is 2. The van der Waals surface area contributed by atoms with E-state index in [2.05, 4.69) is 15.1 Å². The van der Waals surface area contributed by atoms with Crippen molar-refractivity contribution in [2.45, 2.75) is 20.8 Å². The standard InChI is InChI=1S/C28H24N4O7/c1-4-36-24-14-18(12-13-20(24)19-8-5-6-9-21(19)26-30-28(35)39-31-26)32-16(2)29-23-11-7-10-22(25(23)32)27(34)38-15-37-17(3)33/h5-14H,4,15H2,1-3H3,(H,30,31,35). The monoisotopic (exact) mass is 528 g/mol. The Labute approximate surface area is 221 Å². The van der Waals surface area contributed by atoms with Crippen LogP contribution in [0, 0.1) is 6.92 Å². The van der Waals surface area contributed by atoms with E-state index in [1.54, 1.807) is 18.2 Å². The smallest absolute Gasteiger partial charge is 0.460 e. The first-order chi connectivity index (χ1) is 18.9. The number of aromatic nitrogens is 4. The Morgan fingerprint density at radius 1 is 0.974 bits per heavy atom. The van der Waals surface area contributed by atoms with Gasteiger partial charge < -0.3 is 18.7 Å². The largest absolute Gasteiger partial charge is 0.493 e. The molecule has 0 fully saturated rings. The second-order valence-corrected chi connectivity index (χ2v) is 8.44. The highest BCUT2D eigenvalue weighted by molar-refractivity contribution is 6.03. The number of carbonyl (C=O) groups is 2. The summed E-state index contributed by atoms with van der Waals surface area (Å²) < 4.78 is 22.6. The number of imidazole rings is 1. The molecule has 0 aliphatic rings. The minimum Gasteiger partial charge on any atom is -0.493 e. The van der Waals surface area contributed by atoms with Crippen LogP contribution in [0.4, 0.5) is 0 Å². The quantitative estimate of drug-likeness (QED) is 0.229. The molecule has 11 nitrogen and oxygen atoms in total. The maximum absolute atomic E-state index is 12.9. The van der Waals surface area contributed by atoms with Gasteiger partial charge in [0, 0.05) is 24.1 Å². The van der Waals surface area contributed by atoms with E-state index in [0.717, 1.165) is 11.1 Å². The summed E-state index contributed by atoms with van der Waals surface area (Å²) in [7, 11) is 0. The predicted octanol–water partition coefficient (Wildman–Crippen LogP) is 4.42. The van der Waals surface area contributed by atoms with Crippen LogP contribution in [0.15, 0.2) is 70.0 Å². The molecule has 0 radical (unpaired) electrons. The molecule has 0 amide bonds. The van der Waals surface area contributed by atoms with Crippen molar-refractivity contribution >= 4 is 23.0 Å². The molecule has 0 bridgehead atoms. The molecule has 0 saturated carbocycles. The van der Waals surface area contributed by atoms with Crippen LogP contribution >= 0.6 is 0 Å². The van der Waals surface area contributed by atoms with E-state index in [4.69, 9.17) is 18.7 Å². The van der Waals surface area contributed by atoms with Gasteiger partial charge in [0.2, 0.25) is 6.79 Å². The highest BCUT2D eigenvalue weighted by Gasteiger charge is 2.21. The van der Waals surface area contributed by atoms with Crippen LogP contribution in [0.2, 0.25) is 0 Å². The third kappa shape index (κ3) is 5.01. The van der Waals surface area contributed by atoms with Gasteiger partial charge in [-0.3, -0.25) is 9.36 Å². The molecule has 39 heavy (non-hydrogen) atoms. The number of benzene rings is 3. The van der Waals surface area contributed by atoms with Crippen molar-refractivity contribution in [3.63, 3.8) is 0 Å². The van der Waals surface area contributed by atoms with Crippen LogP contribution in [-0.4, -0.2) is 45.0 Å². The van der Waals surface area contributed by atoms with Gasteiger partial charge in [-0.05, 0) is 43.7 Å². The summed E-state index contributed by atoms with van der Waals surface area (Å²) in [6.45, 7) is 4.86. The lowest BCUT2D eigenvalue weighted by Gasteiger charge is -2.16. The lowest BCUT2D eigenvalue weighted by molar-refractivity contribution is -0.149. The third-order valence-corrected chi connectivity index (χ3v) is 5.95. The van der Waals surface area contributed by atoms with Crippen molar-refractivity contribution in [2.75, 3.05) is 13.4 Å². The zero-order chi connectivity index (χ0) is 27.5. The molecule has 0 atom stereocenters. The minimum absolute atomic E-state index is 0.266. The van der Waals surface area contributed by atoms with Crippen LogP contribution in [-0.2, 0) is 14.3 Å². The molecule has 0 unspecified atom stereocenters. The van der Waals surface area contributed by atoms with Gasteiger partial charge in [-0.15, -0.1) is 0 Å². The molecular weight excluding hydrogens is 504 g/mol. The minimum atomic E-state index is -0.718. The van der Waals surface area contributed by atoms with E-state index >= 15 is 0 Å². The Bertz CT molecular complexity index is 1750. The number of aryl methyl sites for hydroxylation is 1. The second-order valence-electron chi connectivity index (χ2n) is 8.44. The molecule has 2 aromatic heterocycles. The van der Waals surface area contributed by atoms with E-state index < -0.39 is 24.5 Å². The number of hydrogen-bond acceptors (Lipinski definition) is 9. The first-order valence-corrected chi connectivity index (χ1v) is 12.1. The third-order valence-electron chi connectivity index (χ3n) is 5.95. The number of carbonyl (C=O) groups excluding carboxylic acids is 2. The fourth-order valence-electron chi connectivity index (χ4n) is 4.38. The highest BCUT2D eigenvalue weighted by atomic mass is 16.7. The number of aromatic amines is 1. The number of para-hydroxylation sites is 1. The maximum Gasteiger partial charge on any atom is 0.460 e. The summed E-state index contributed by atoms with van der Waals surface area (Å²) in [5.41, 5.74) is 4.31. The zero-order valence-electron chi connectivity index (χ0n) is 21.4. The average molecular weight is 529 g/mol. The number of hydrogen-bond donors (Lipinski definition) is 1. The summed E-state index contributed by atoms with van der Waals surface area (Å²) in [5.74, 6) is -0.409. The molecule has 5 aromatic rings. The van der Waals surface area contributed by atoms with Gasteiger partial charge in [-0.2, -0.15) is 10.1 Å². The number of fused-ring (bicyclic) bond motifs is 1. The average Bonchev–Trinajstić information content (AvgIpc) is 3.50. The molecule has 0 aliphatic carbocycles. The lowest BCUT2D eigenvalue weighted by Crippen LogP contribution is -2.12. The molecule has 3 aromatic carbocycles. The zero-order valence-corrected chi connectivity index (χ0v) is 21.4. The van der Waals surface area contributed by atoms with Crippen molar-refractivity contribution in [1.29, 1.82) is 0 Å². The number of ether oxygens (including phenoxy) is 3. The van der Waals surface area contributed by atoms with Crippen LogP contribution in [0.5, 0.6) is 5.75 Å². The number of nitrogens with one attached hydrogen (secondary N) is 1. The summed E-state index contributed by atoms with van der Waals surface area (Å²) in [6.07, 6.45) is 0. The van der Waals surface area contributed by atoms with Crippen molar-refractivity contribution in [2.24, 2.45) is 0 Å². The van der Waals surface area contributed by atoms with Crippen molar-refractivity contribution in [1.82, 2.24) is 19.7 Å². The van der Waals surface area contributed by atoms with E-state index in [0.29, 0.717) is 46.3 Å². The Morgan fingerprint density at radius 2 is 1.77 bits per heavy atom. The normalized spacial score (nSPS) is 10.9. The highest BCUT2D eigenvalue weighted by Crippen LogP contribution is 2.38. The fraction of sp³-hybridized carbons (Fsp3) is 0.179. The molecule has 0 spiro atoms. The fourth-order valence-corrected chi connectivity index (χ4v) is 4.38. The summed E-state index contributed by atoms with van der Waals surface area (Å²) in [6, 6.07) is 18.2. The van der Waals surface area contributed by atoms with Crippen molar-refractivity contribution in [3.8, 4) is 34.0 Å². The van der Waals surface area contributed by atoms with Gasteiger partial charge in [-0.1, -0.05) is 30.3 Å².